The molecule has 0 unspecified atom stereocenters. The first-order valence-corrected chi connectivity index (χ1v) is 10.5. The summed E-state index contributed by atoms with van der Waals surface area (Å²) >= 11 is 0. The van der Waals surface area contributed by atoms with Crippen molar-refractivity contribution in [2.45, 2.75) is 0 Å². The van der Waals surface area contributed by atoms with Crippen LogP contribution >= 0.6 is 0 Å². The van der Waals surface area contributed by atoms with E-state index in [4.69, 9.17) is 4.74 Å². The number of hydrogen-bond acceptors (Lipinski definition) is 4. The van der Waals surface area contributed by atoms with Crippen LogP contribution in [0.1, 0.15) is 5.56 Å². The Labute approximate surface area is 168 Å². The Bertz CT molecular complexity index is 1210. The fraction of sp³-hybridized carbons (Fsp3) is 0.0952. The second-order valence-corrected chi connectivity index (χ2v) is 8.11. The number of carbonyl (C=O) groups is 1. The van der Waals surface area contributed by atoms with Crippen molar-refractivity contribution in [3.8, 4) is 5.75 Å². The number of methoxy groups -OCH3 is 1. The molecule has 0 bridgehead atoms. The Kier molecular flexibility index (Phi) is 5.84. The van der Waals surface area contributed by atoms with E-state index in [1.807, 2.05) is 36.4 Å². The van der Waals surface area contributed by atoms with E-state index in [-0.39, 0.29) is 11.4 Å². The highest BCUT2D eigenvalue weighted by Gasteiger charge is 2.09. The predicted molar refractivity (Wildman–Crippen MR) is 113 cm³/mol. The molecule has 0 aromatic heterocycles. The lowest BCUT2D eigenvalue weighted by atomic mass is 10.1. The molecular formula is C21H19FN2O4S. The number of halogens is 1. The van der Waals surface area contributed by atoms with Crippen LogP contribution in [0.3, 0.4) is 0 Å². The van der Waals surface area contributed by atoms with Gasteiger partial charge in [0.05, 0.1) is 19.1 Å². The van der Waals surface area contributed by atoms with Crippen molar-refractivity contribution in [1.82, 2.24) is 0 Å². The zero-order valence-electron chi connectivity index (χ0n) is 15.8. The normalized spacial score (nSPS) is 11.6. The number of hydrogen-bond donors (Lipinski definition) is 2. The number of rotatable bonds is 6. The Hall–Kier alpha value is -3.39. The highest BCUT2D eigenvalue weighted by Crippen LogP contribution is 2.23. The molecule has 0 saturated carbocycles. The molecule has 0 aliphatic heterocycles. The molecule has 6 nitrogen and oxygen atoms in total. The molecule has 3 aromatic carbocycles. The molecule has 0 saturated heterocycles. The Morgan fingerprint density at radius 3 is 2.48 bits per heavy atom. The second-order valence-electron chi connectivity index (χ2n) is 6.36. The summed E-state index contributed by atoms with van der Waals surface area (Å²) in [7, 11) is -2.03. The van der Waals surface area contributed by atoms with Gasteiger partial charge in [0.2, 0.25) is 15.9 Å². The van der Waals surface area contributed by atoms with Gasteiger partial charge in [0.25, 0.3) is 0 Å². The fourth-order valence-corrected chi connectivity index (χ4v) is 3.27. The molecule has 0 heterocycles. The largest absolute Gasteiger partial charge is 0.497 e. The number of fused-ring (bicyclic) bond motifs is 1. The first-order valence-electron chi connectivity index (χ1n) is 8.58. The van der Waals surface area contributed by atoms with Gasteiger partial charge in [0.1, 0.15) is 11.6 Å². The van der Waals surface area contributed by atoms with Crippen LogP contribution in [0.25, 0.3) is 16.8 Å². The monoisotopic (exact) mass is 414 g/mol. The molecule has 0 aliphatic carbocycles. The molecule has 3 rings (SSSR count). The summed E-state index contributed by atoms with van der Waals surface area (Å²) in [6, 6.07) is 15.1. The van der Waals surface area contributed by atoms with Crippen LogP contribution in [0.4, 0.5) is 15.8 Å². The van der Waals surface area contributed by atoms with Crippen LogP contribution in [-0.4, -0.2) is 27.7 Å². The Morgan fingerprint density at radius 2 is 1.76 bits per heavy atom. The lowest BCUT2D eigenvalue weighted by Crippen LogP contribution is -2.12. The summed E-state index contributed by atoms with van der Waals surface area (Å²) in [6.45, 7) is 0. The second kappa shape index (κ2) is 8.32. The topological polar surface area (TPSA) is 84.5 Å². The maximum Gasteiger partial charge on any atom is 0.248 e. The van der Waals surface area contributed by atoms with E-state index in [9.17, 15) is 17.6 Å². The first kappa shape index (κ1) is 20.3. The Balaban J connectivity index is 1.72. The zero-order chi connectivity index (χ0) is 21.0. The van der Waals surface area contributed by atoms with Crippen molar-refractivity contribution in [3.63, 3.8) is 0 Å². The van der Waals surface area contributed by atoms with E-state index >= 15 is 0 Å². The molecule has 0 fully saturated rings. The van der Waals surface area contributed by atoms with Crippen molar-refractivity contribution in [3.05, 3.63) is 72.1 Å². The van der Waals surface area contributed by atoms with E-state index in [0.717, 1.165) is 34.4 Å². The average Bonchev–Trinajstić information content (AvgIpc) is 2.67. The van der Waals surface area contributed by atoms with Crippen LogP contribution in [0.2, 0.25) is 0 Å². The van der Waals surface area contributed by atoms with Gasteiger partial charge in [0.15, 0.2) is 0 Å². The molecule has 2 N–H and O–H groups in total. The summed E-state index contributed by atoms with van der Waals surface area (Å²) in [4.78, 5) is 12.2. The van der Waals surface area contributed by atoms with Gasteiger partial charge in [-0.3, -0.25) is 9.52 Å². The number of ether oxygens (including phenoxy) is 1. The highest BCUT2D eigenvalue weighted by atomic mass is 32.2. The number of carbonyl (C=O) groups excluding carboxylic acids is 1. The van der Waals surface area contributed by atoms with Gasteiger partial charge in [-0.05, 0) is 58.8 Å². The summed E-state index contributed by atoms with van der Waals surface area (Å²) < 4.78 is 43.6. The molecule has 0 spiro atoms. The van der Waals surface area contributed by atoms with Gasteiger partial charge in [-0.25, -0.2) is 12.8 Å². The van der Waals surface area contributed by atoms with E-state index in [1.54, 1.807) is 13.2 Å². The number of sulfonamides is 1. The van der Waals surface area contributed by atoms with Crippen LogP contribution in [-0.2, 0) is 14.8 Å². The predicted octanol–water partition coefficient (Wildman–Crippen LogP) is 4.01. The average molecular weight is 414 g/mol. The van der Waals surface area contributed by atoms with E-state index in [0.29, 0.717) is 0 Å². The molecule has 8 heteroatoms. The molecule has 29 heavy (non-hydrogen) atoms. The van der Waals surface area contributed by atoms with E-state index in [1.165, 1.54) is 18.2 Å². The van der Waals surface area contributed by atoms with Gasteiger partial charge in [0, 0.05) is 11.8 Å². The van der Waals surface area contributed by atoms with Crippen molar-refractivity contribution in [2.24, 2.45) is 0 Å². The van der Waals surface area contributed by atoms with Crippen LogP contribution < -0.4 is 14.8 Å². The highest BCUT2D eigenvalue weighted by molar-refractivity contribution is 7.92. The lowest BCUT2D eigenvalue weighted by molar-refractivity contribution is -0.111. The summed E-state index contributed by atoms with van der Waals surface area (Å²) in [5, 5.41) is 4.59. The third-order valence-electron chi connectivity index (χ3n) is 4.03. The summed E-state index contributed by atoms with van der Waals surface area (Å²) in [5.41, 5.74) is 0.855. The van der Waals surface area contributed by atoms with Crippen molar-refractivity contribution >= 4 is 44.2 Å². The minimum atomic E-state index is -3.64. The van der Waals surface area contributed by atoms with Crippen molar-refractivity contribution in [2.75, 3.05) is 23.4 Å². The number of benzene rings is 3. The van der Waals surface area contributed by atoms with Gasteiger partial charge < -0.3 is 10.1 Å². The third kappa shape index (κ3) is 5.55. The quantitative estimate of drug-likeness (QED) is 0.597. The number of nitrogens with one attached hydrogen (secondary N) is 2. The minimum Gasteiger partial charge on any atom is -0.497 e. The van der Waals surface area contributed by atoms with Crippen LogP contribution in [0.15, 0.2) is 60.7 Å². The van der Waals surface area contributed by atoms with E-state index < -0.39 is 21.7 Å². The maximum absolute atomic E-state index is 13.7. The summed E-state index contributed by atoms with van der Waals surface area (Å²) in [5.74, 6) is -0.405. The van der Waals surface area contributed by atoms with Gasteiger partial charge in [-0.2, -0.15) is 0 Å². The van der Waals surface area contributed by atoms with Crippen LogP contribution in [0.5, 0.6) is 5.75 Å². The van der Waals surface area contributed by atoms with Gasteiger partial charge in [-0.1, -0.05) is 18.2 Å². The smallest absolute Gasteiger partial charge is 0.248 e. The zero-order valence-corrected chi connectivity index (χ0v) is 16.6. The van der Waals surface area contributed by atoms with Gasteiger partial charge >= 0.3 is 0 Å². The molecule has 1 amide bonds. The maximum atomic E-state index is 13.7. The van der Waals surface area contributed by atoms with Crippen molar-refractivity contribution < 1.29 is 22.3 Å². The molecule has 0 radical (unpaired) electrons. The third-order valence-corrected chi connectivity index (χ3v) is 4.62. The molecular weight excluding hydrogens is 395 g/mol. The molecule has 0 aliphatic rings. The van der Waals surface area contributed by atoms with Gasteiger partial charge in [-0.15, -0.1) is 0 Å². The number of amides is 1. The molecule has 150 valence electrons. The standard InChI is InChI=1S/C21H19FN2O4S/c1-28-18-8-6-15-11-14(3-5-16(15)12-18)4-10-21(25)23-17-7-9-19(22)20(13-17)24-29(2,26)27/h3-13,24H,1-2H3,(H,23,25). The first-order chi connectivity index (χ1) is 13.7. The molecule has 3 aromatic rings. The lowest BCUT2D eigenvalue weighted by Gasteiger charge is -2.08. The molecule has 0 atom stereocenters. The fourth-order valence-electron chi connectivity index (χ4n) is 2.71. The Morgan fingerprint density at radius 1 is 1.03 bits per heavy atom. The van der Waals surface area contributed by atoms with Crippen molar-refractivity contribution in [1.29, 1.82) is 0 Å². The SMILES string of the molecule is COc1ccc2cc(C=CC(=O)Nc3ccc(F)c(NS(C)(=O)=O)c3)ccc2c1. The minimum absolute atomic E-state index is 0.237. The van der Waals surface area contributed by atoms with Crippen LogP contribution in [0, 0.1) is 5.82 Å². The number of anilines is 2. The summed E-state index contributed by atoms with van der Waals surface area (Å²) in [6.07, 6.45) is 3.91. The van der Waals surface area contributed by atoms with E-state index in [2.05, 4.69) is 10.0 Å².